The molecule has 6 fully saturated rings. The van der Waals surface area contributed by atoms with Crippen molar-refractivity contribution < 1.29 is 28.0 Å². The summed E-state index contributed by atoms with van der Waals surface area (Å²) in [5.41, 5.74) is 0.377. The largest absolute Gasteiger partial charge is 0.456 e. The van der Waals surface area contributed by atoms with Gasteiger partial charge in [0.2, 0.25) is 0 Å². The van der Waals surface area contributed by atoms with Crippen molar-refractivity contribution >= 4 is 11.9 Å². The number of esters is 2. The summed E-state index contributed by atoms with van der Waals surface area (Å²) < 4.78 is 14.7. The highest BCUT2D eigenvalue weighted by molar-refractivity contribution is 5.66. The molecular formula is C35H60N2O4+2. The zero-order chi connectivity index (χ0) is 29.2. The summed E-state index contributed by atoms with van der Waals surface area (Å²) >= 11 is 0. The molecule has 0 aromatic rings. The van der Waals surface area contributed by atoms with Crippen LogP contribution in [-0.2, 0) is 19.1 Å². The van der Waals surface area contributed by atoms with Gasteiger partial charge in [-0.3, -0.25) is 9.59 Å². The molecule has 0 unspecified atom stereocenters. The third-order valence-electron chi connectivity index (χ3n) is 14.5. The second kappa shape index (κ2) is 10.8. The van der Waals surface area contributed by atoms with Gasteiger partial charge in [-0.1, -0.05) is 13.8 Å². The normalized spacial score (nSPS) is 46.9. The maximum Gasteiger partial charge on any atom is 0.303 e. The Hall–Kier alpha value is -1.14. The number of likely N-dealkylation sites (tertiary alicyclic amines) is 2. The predicted molar refractivity (Wildman–Crippen MR) is 161 cm³/mol. The topological polar surface area (TPSA) is 52.6 Å². The van der Waals surface area contributed by atoms with Gasteiger partial charge in [-0.15, -0.1) is 0 Å². The molecule has 0 aromatic heterocycles. The van der Waals surface area contributed by atoms with E-state index in [9.17, 15) is 9.59 Å². The van der Waals surface area contributed by atoms with E-state index in [1.54, 1.807) is 13.8 Å². The van der Waals surface area contributed by atoms with Gasteiger partial charge in [-0.25, -0.2) is 0 Å². The molecule has 0 spiro atoms. The number of quaternary nitrogens is 2. The van der Waals surface area contributed by atoms with Crippen LogP contribution in [0.4, 0.5) is 0 Å². The highest BCUT2D eigenvalue weighted by atomic mass is 16.5. The lowest BCUT2D eigenvalue weighted by atomic mass is 9.44. The maximum atomic E-state index is 12.5. The van der Waals surface area contributed by atoms with E-state index in [0.29, 0.717) is 35.3 Å². The number of carbonyl (C=O) groups is 2. The van der Waals surface area contributed by atoms with Crippen LogP contribution in [0.3, 0.4) is 0 Å². The minimum absolute atomic E-state index is 0.0462. The highest BCUT2D eigenvalue weighted by Crippen LogP contribution is 2.68. The van der Waals surface area contributed by atoms with Crippen LogP contribution < -0.4 is 0 Å². The minimum atomic E-state index is -0.0998. The predicted octanol–water partition coefficient (Wildman–Crippen LogP) is 6.11. The van der Waals surface area contributed by atoms with Crippen molar-refractivity contribution in [2.45, 2.75) is 135 Å². The molecule has 0 radical (unpaired) electrons. The molecule has 10 atom stereocenters. The van der Waals surface area contributed by atoms with Crippen molar-refractivity contribution in [2.75, 3.05) is 40.3 Å². The van der Waals surface area contributed by atoms with E-state index < -0.39 is 0 Å². The summed E-state index contributed by atoms with van der Waals surface area (Å²) in [6.07, 6.45) is 16.4. The van der Waals surface area contributed by atoms with Gasteiger partial charge < -0.3 is 18.4 Å². The van der Waals surface area contributed by atoms with E-state index in [1.165, 1.54) is 103 Å². The Balaban J connectivity index is 1.31. The summed E-state index contributed by atoms with van der Waals surface area (Å²) in [5.74, 6) is 2.52. The standard InChI is InChI=1S/C35H60N2O4/c1-24(38)40-32-21-26-13-14-27-28(35(26,4)23-31(32)37(6)19-11-8-12-20-37)15-16-34(3)29(27)22-30(33(34)41-25(2)39)36(5)17-9-7-10-18-36/h26-33H,7-23H2,1-6H3/q+2/t26-,27-,28+,29+,30+,31-,32+,33+,34-,35-/m0/s1. The number of hydrogen-bond acceptors (Lipinski definition) is 4. The number of likely N-dealkylation sites (N-methyl/N-ethyl adjacent to an activating group) is 2. The van der Waals surface area contributed by atoms with Crippen LogP contribution in [0.5, 0.6) is 0 Å². The van der Waals surface area contributed by atoms with Crippen molar-refractivity contribution in [3.8, 4) is 0 Å². The fourth-order valence-corrected chi connectivity index (χ4v) is 12.3. The number of rotatable bonds is 4. The average molecular weight is 573 g/mol. The monoisotopic (exact) mass is 572 g/mol. The van der Waals surface area contributed by atoms with E-state index in [1.807, 2.05) is 0 Å². The first-order valence-electron chi connectivity index (χ1n) is 17.4. The van der Waals surface area contributed by atoms with Crippen LogP contribution in [0.15, 0.2) is 0 Å². The number of fused-ring (bicyclic) bond motifs is 5. The second-order valence-corrected chi connectivity index (χ2v) is 16.7. The zero-order valence-corrected chi connectivity index (χ0v) is 27.2. The van der Waals surface area contributed by atoms with Crippen LogP contribution >= 0.6 is 0 Å². The molecule has 6 rings (SSSR count). The Bertz CT molecular complexity index is 1000. The molecule has 2 aliphatic heterocycles. The Labute approximate surface area is 250 Å². The van der Waals surface area contributed by atoms with Gasteiger partial charge in [0.1, 0.15) is 12.1 Å². The Kier molecular flexibility index (Phi) is 7.87. The molecule has 6 nitrogen and oxygen atoms in total. The van der Waals surface area contributed by atoms with E-state index in [4.69, 9.17) is 9.47 Å². The summed E-state index contributed by atoms with van der Waals surface area (Å²) in [6, 6.07) is 0.846. The van der Waals surface area contributed by atoms with Gasteiger partial charge in [-0.05, 0) is 99.7 Å². The zero-order valence-electron chi connectivity index (χ0n) is 27.2. The molecule has 232 valence electrons. The third-order valence-corrected chi connectivity index (χ3v) is 14.5. The fourth-order valence-electron chi connectivity index (χ4n) is 12.3. The number of ether oxygens (including phenoxy) is 2. The Morgan fingerprint density at radius 1 is 0.683 bits per heavy atom. The van der Waals surface area contributed by atoms with Crippen molar-refractivity contribution in [3.05, 3.63) is 0 Å². The lowest BCUT2D eigenvalue weighted by Gasteiger charge is -2.63. The first-order valence-corrected chi connectivity index (χ1v) is 17.4. The fraction of sp³-hybridized carbons (Fsp3) is 0.943. The number of piperidine rings is 2. The third kappa shape index (κ3) is 4.99. The first-order chi connectivity index (χ1) is 19.4. The molecule has 6 aliphatic rings. The molecule has 2 heterocycles. The molecule has 0 aromatic carbocycles. The summed E-state index contributed by atoms with van der Waals surface area (Å²) in [4.78, 5) is 24.8. The molecule has 0 bridgehead atoms. The SMILES string of the molecule is CC(=O)O[C@@H]1[C@H]([N+]2(C)CCCCC2)C[C@@H]2[C@H]3CC[C@H]4C[C@@H](OC(C)=O)[C@@H]([N+]5(C)CCCCC5)C[C@]4(C)[C@@H]3CC[C@@]21C. The molecule has 6 heteroatoms. The van der Waals surface area contributed by atoms with E-state index in [-0.39, 0.29) is 29.6 Å². The van der Waals surface area contributed by atoms with Crippen LogP contribution in [0, 0.1) is 34.5 Å². The maximum absolute atomic E-state index is 12.5. The molecule has 0 amide bonds. The van der Waals surface area contributed by atoms with Gasteiger partial charge in [0.25, 0.3) is 0 Å². The first kappa shape index (κ1) is 29.9. The molecule has 2 saturated heterocycles. The van der Waals surface area contributed by atoms with E-state index >= 15 is 0 Å². The minimum Gasteiger partial charge on any atom is -0.456 e. The van der Waals surface area contributed by atoms with Crippen LogP contribution in [0.1, 0.15) is 111 Å². The van der Waals surface area contributed by atoms with Gasteiger partial charge in [0.15, 0.2) is 12.2 Å². The van der Waals surface area contributed by atoms with Crippen molar-refractivity contribution in [1.82, 2.24) is 0 Å². The number of carbonyl (C=O) groups excluding carboxylic acids is 2. The molecule has 41 heavy (non-hydrogen) atoms. The molecule has 4 saturated carbocycles. The average Bonchev–Trinajstić information content (AvgIpc) is 3.21. The van der Waals surface area contributed by atoms with Crippen molar-refractivity contribution in [1.29, 1.82) is 0 Å². The molecule has 4 aliphatic carbocycles. The highest BCUT2D eigenvalue weighted by Gasteiger charge is 2.68. The van der Waals surface area contributed by atoms with Crippen LogP contribution in [0.25, 0.3) is 0 Å². The lowest BCUT2D eigenvalue weighted by molar-refractivity contribution is -0.943. The van der Waals surface area contributed by atoms with E-state index in [2.05, 4.69) is 27.9 Å². The van der Waals surface area contributed by atoms with Crippen molar-refractivity contribution in [2.24, 2.45) is 34.5 Å². The van der Waals surface area contributed by atoms with Gasteiger partial charge in [0, 0.05) is 32.1 Å². The second-order valence-electron chi connectivity index (χ2n) is 16.7. The lowest BCUT2D eigenvalue weighted by Crippen LogP contribution is -2.66. The molecular weight excluding hydrogens is 512 g/mol. The summed E-state index contributed by atoms with van der Waals surface area (Å²) in [7, 11) is 4.94. The van der Waals surface area contributed by atoms with Crippen molar-refractivity contribution in [3.63, 3.8) is 0 Å². The van der Waals surface area contributed by atoms with Gasteiger partial charge in [-0.2, -0.15) is 0 Å². The van der Waals surface area contributed by atoms with Crippen LogP contribution in [-0.4, -0.2) is 85.5 Å². The summed E-state index contributed by atoms with van der Waals surface area (Å²) in [6.45, 7) is 13.3. The van der Waals surface area contributed by atoms with E-state index in [0.717, 1.165) is 21.3 Å². The molecule has 0 N–H and O–H groups in total. The Morgan fingerprint density at radius 2 is 1.27 bits per heavy atom. The van der Waals surface area contributed by atoms with Crippen LogP contribution in [0.2, 0.25) is 0 Å². The summed E-state index contributed by atoms with van der Waals surface area (Å²) in [5, 5.41) is 0. The van der Waals surface area contributed by atoms with Gasteiger partial charge in [0.05, 0.1) is 40.3 Å². The van der Waals surface area contributed by atoms with Gasteiger partial charge >= 0.3 is 11.9 Å². The quantitative estimate of drug-likeness (QED) is 0.301. The number of hydrogen-bond donors (Lipinski definition) is 0. The smallest absolute Gasteiger partial charge is 0.303 e. The Morgan fingerprint density at radius 3 is 1.85 bits per heavy atom. The number of nitrogens with zero attached hydrogens (tertiary/aromatic N) is 2.